The third-order valence-corrected chi connectivity index (χ3v) is 6.41. The first-order valence-electron chi connectivity index (χ1n) is 9.38. The lowest BCUT2D eigenvalue weighted by atomic mass is 10.2. The number of fused-ring (bicyclic) bond motifs is 2. The van der Waals surface area contributed by atoms with Crippen molar-refractivity contribution in [2.45, 2.75) is 18.9 Å². The summed E-state index contributed by atoms with van der Waals surface area (Å²) < 4.78 is 6.61. The molecule has 2 aliphatic heterocycles. The molecule has 0 N–H and O–H groups in total. The van der Waals surface area contributed by atoms with Gasteiger partial charge in [0.15, 0.2) is 6.61 Å². The van der Waals surface area contributed by atoms with E-state index in [1.807, 2.05) is 47.4 Å². The number of amides is 2. The second-order valence-electron chi connectivity index (χ2n) is 7.00. The van der Waals surface area contributed by atoms with Crippen molar-refractivity contribution in [1.29, 1.82) is 0 Å². The van der Waals surface area contributed by atoms with Crippen LogP contribution in [0.4, 0.5) is 5.69 Å². The Labute approximate surface area is 166 Å². The zero-order valence-corrected chi connectivity index (χ0v) is 16.0. The van der Waals surface area contributed by atoms with Crippen molar-refractivity contribution in [2.24, 2.45) is 0 Å². The molecule has 3 aromatic rings. The monoisotopic (exact) mass is 393 g/mol. The van der Waals surface area contributed by atoms with Gasteiger partial charge in [-0.1, -0.05) is 24.3 Å². The minimum absolute atomic E-state index is 0.0173. The molecule has 28 heavy (non-hydrogen) atoms. The fraction of sp³-hybridized carbons (Fsp3) is 0.286. The quantitative estimate of drug-likeness (QED) is 0.684. The first-order chi connectivity index (χ1) is 13.7. The number of benzene rings is 2. The van der Waals surface area contributed by atoms with Crippen molar-refractivity contribution < 1.29 is 14.3 Å². The van der Waals surface area contributed by atoms with Crippen LogP contribution in [0.3, 0.4) is 0 Å². The number of anilines is 1. The Balaban J connectivity index is 1.39. The molecular weight excluding hydrogens is 374 g/mol. The van der Waals surface area contributed by atoms with E-state index >= 15 is 0 Å². The van der Waals surface area contributed by atoms with Crippen LogP contribution in [0.5, 0.6) is 5.75 Å². The Hall–Kier alpha value is -2.93. The molecule has 7 heteroatoms. The number of rotatable bonds is 3. The van der Waals surface area contributed by atoms with Gasteiger partial charge in [-0.15, -0.1) is 11.3 Å². The summed E-state index contributed by atoms with van der Waals surface area (Å²) in [6.07, 6.45) is 1.85. The van der Waals surface area contributed by atoms with Gasteiger partial charge in [0.05, 0.1) is 21.9 Å². The summed E-state index contributed by atoms with van der Waals surface area (Å²) in [6.45, 7) is 0.686. The molecule has 6 nitrogen and oxygen atoms in total. The van der Waals surface area contributed by atoms with Gasteiger partial charge < -0.3 is 9.64 Å². The smallest absolute Gasteiger partial charge is 0.265 e. The molecule has 2 amide bonds. The van der Waals surface area contributed by atoms with E-state index in [9.17, 15) is 9.59 Å². The lowest BCUT2D eigenvalue weighted by molar-refractivity contribution is -0.132. The number of carbonyl (C=O) groups excluding carboxylic acids is 2. The highest BCUT2D eigenvalue weighted by Crippen LogP contribution is 2.37. The van der Waals surface area contributed by atoms with Gasteiger partial charge in [-0.3, -0.25) is 14.5 Å². The van der Waals surface area contributed by atoms with Gasteiger partial charge in [0, 0.05) is 6.54 Å². The van der Waals surface area contributed by atoms with E-state index < -0.39 is 0 Å². The van der Waals surface area contributed by atoms with Crippen LogP contribution >= 0.6 is 11.3 Å². The maximum atomic E-state index is 13.1. The second kappa shape index (κ2) is 6.91. The molecule has 1 saturated heterocycles. The third kappa shape index (κ3) is 2.92. The van der Waals surface area contributed by atoms with Crippen LogP contribution < -0.4 is 9.64 Å². The minimum Gasteiger partial charge on any atom is -0.482 e. The molecular formula is C21H19N3O3S. The summed E-state index contributed by atoms with van der Waals surface area (Å²) in [5.41, 5.74) is 1.63. The SMILES string of the molecule is O=C1COc2ccccc2N1CC(=O)N1CCCC1c1nc2ccccc2s1. The third-order valence-electron chi connectivity index (χ3n) is 5.27. The minimum atomic E-state index is -0.192. The Morgan fingerprint density at radius 3 is 2.89 bits per heavy atom. The van der Waals surface area contributed by atoms with E-state index in [1.165, 1.54) is 4.90 Å². The van der Waals surface area contributed by atoms with Gasteiger partial charge in [-0.25, -0.2) is 4.98 Å². The number of aromatic nitrogens is 1. The normalized spacial score (nSPS) is 19.0. The predicted octanol–water partition coefficient (Wildman–Crippen LogP) is 3.39. The van der Waals surface area contributed by atoms with E-state index in [0.29, 0.717) is 18.0 Å². The summed E-state index contributed by atoms with van der Waals surface area (Å²) >= 11 is 1.65. The molecule has 0 radical (unpaired) electrons. The van der Waals surface area contributed by atoms with Crippen LogP contribution in [-0.2, 0) is 9.59 Å². The van der Waals surface area contributed by atoms with Gasteiger partial charge in [0.25, 0.3) is 5.91 Å². The van der Waals surface area contributed by atoms with Crippen molar-refractivity contribution in [2.75, 3.05) is 24.6 Å². The van der Waals surface area contributed by atoms with Gasteiger partial charge >= 0.3 is 0 Å². The highest BCUT2D eigenvalue weighted by atomic mass is 32.1. The van der Waals surface area contributed by atoms with Gasteiger partial charge in [-0.2, -0.15) is 0 Å². The van der Waals surface area contributed by atoms with Crippen molar-refractivity contribution >= 4 is 39.1 Å². The van der Waals surface area contributed by atoms with Crippen molar-refractivity contribution in [3.63, 3.8) is 0 Å². The van der Waals surface area contributed by atoms with Crippen LogP contribution in [0.15, 0.2) is 48.5 Å². The Bertz CT molecular complexity index is 1030. The lowest BCUT2D eigenvalue weighted by Gasteiger charge is -2.31. The molecule has 142 valence electrons. The number of para-hydroxylation sites is 3. The molecule has 2 aromatic carbocycles. The maximum absolute atomic E-state index is 13.1. The van der Waals surface area contributed by atoms with Gasteiger partial charge in [0.1, 0.15) is 17.3 Å². The molecule has 2 aliphatic rings. The van der Waals surface area contributed by atoms with Crippen LogP contribution in [0.25, 0.3) is 10.2 Å². The molecule has 1 aromatic heterocycles. The predicted molar refractivity (Wildman–Crippen MR) is 108 cm³/mol. The van der Waals surface area contributed by atoms with E-state index in [2.05, 4.69) is 6.07 Å². The number of nitrogens with zero attached hydrogens (tertiary/aromatic N) is 3. The summed E-state index contributed by atoms with van der Waals surface area (Å²) in [4.78, 5) is 33.7. The van der Waals surface area contributed by atoms with E-state index in [-0.39, 0.29) is 31.0 Å². The molecule has 0 saturated carbocycles. The maximum Gasteiger partial charge on any atom is 0.265 e. The Morgan fingerprint density at radius 1 is 1.18 bits per heavy atom. The molecule has 1 unspecified atom stereocenters. The largest absolute Gasteiger partial charge is 0.482 e. The summed E-state index contributed by atoms with van der Waals surface area (Å²) in [7, 11) is 0. The van der Waals surface area contributed by atoms with Crippen LogP contribution in [0, 0.1) is 0 Å². The van der Waals surface area contributed by atoms with Crippen LogP contribution in [0.1, 0.15) is 23.9 Å². The fourth-order valence-electron chi connectivity index (χ4n) is 3.91. The van der Waals surface area contributed by atoms with Crippen molar-refractivity contribution in [3.8, 4) is 5.75 Å². The van der Waals surface area contributed by atoms with Crippen LogP contribution in [-0.4, -0.2) is 41.4 Å². The average Bonchev–Trinajstić information content (AvgIpc) is 3.36. The highest BCUT2D eigenvalue weighted by Gasteiger charge is 2.35. The second-order valence-corrected chi connectivity index (χ2v) is 8.06. The molecule has 5 rings (SSSR count). The molecule has 0 bridgehead atoms. The zero-order chi connectivity index (χ0) is 19.1. The van der Waals surface area contributed by atoms with E-state index in [0.717, 1.165) is 28.1 Å². The summed E-state index contributed by atoms with van der Waals surface area (Å²) in [5.74, 6) is 0.397. The first kappa shape index (κ1) is 17.2. The van der Waals surface area contributed by atoms with E-state index in [1.54, 1.807) is 11.3 Å². The van der Waals surface area contributed by atoms with E-state index in [4.69, 9.17) is 9.72 Å². The van der Waals surface area contributed by atoms with Crippen molar-refractivity contribution in [3.05, 3.63) is 53.5 Å². The number of likely N-dealkylation sites (tertiary alicyclic amines) is 1. The van der Waals surface area contributed by atoms with Gasteiger partial charge in [0.2, 0.25) is 5.91 Å². The fourth-order valence-corrected chi connectivity index (χ4v) is 5.02. The number of ether oxygens (including phenoxy) is 1. The molecule has 1 atom stereocenters. The zero-order valence-electron chi connectivity index (χ0n) is 15.2. The average molecular weight is 393 g/mol. The standard InChI is InChI=1S/C21H19N3O3S/c25-19(12-24-15-7-2-3-9-17(15)27-13-20(24)26)23-11-5-8-16(23)21-22-14-6-1-4-10-18(14)28-21/h1-4,6-7,9-10,16H,5,8,11-13H2. The highest BCUT2D eigenvalue weighted by molar-refractivity contribution is 7.18. The molecule has 1 fully saturated rings. The number of hydrogen-bond donors (Lipinski definition) is 0. The molecule has 0 aliphatic carbocycles. The number of carbonyl (C=O) groups is 2. The summed E-state index contributed by atoms with van der Waals surface area (Å²) in [5, 5.41) is 0.973. The van der Waals surface area contributed by atoms with Gasteiger partial charge in [-0.05, 0) is 37.1 Å². The topological polar surface area (TPSA) is 62.7 Å². The first-order valence-corrected chi connectivity index (χ1v) is 10.2. The molecule has 0 spiro atoms. The Kier molecular flexibility index (Phi) is 4.24. The number of thiazole rings is 1. The number of hydrogen-bond acceptors (Lipinski definition) is 5. The lowest BCUT2D eigenvalue weighted by Crippen LogP contribution is -2.46. The molecule has 3 heterocycles. The Morgan fingerprint density at radius 2 is 2.00 bits per heavy atom. The van der Waals surface area contributed by atoms with Crippen LogP contribution in [0.2, 0.25) is 0 Å². The summed E-state index contributed by atoms with van der Waals surface area (Å²) in [6, 6.07) is 15.4. The van der Waals surface area contributed by atoms with Crippen molar-refractivity contribution in [1.82, 2.24) is 9.88 Å².